The van der Waals surface area contributed by atoms with E-state index in [4.69, 9.17) is 0 Å². The fraction of sp³-hybridized carbons (Fsp3) is 0.462. The molecule has 1 amide bonds. The van der Waals surface area contributed by atoms with Gasteiger partial charge in [-0.15, -0.1) is 0 Å². The Morgan fingerprint density at radius 3 is 2.76 bits per heavy atom. The number of hydrogen-bond donors (Lipinski definition) is 2. The monoisotopic (exact) mass is 345 g/mol. The maximum absolute atomic E-state index is 11.9. The number of amides is 1. The zero-order valence-corrected chi connectivity index (χ0v) is 12.0. The second kappa shape index (κ2) is 4.94. The number of rotatable bonds is 3. The molecule has 0 radical (unpaired) electrons. The molecule has 3 nitrogen and oxygen atoms in total. The summed E-state index contributed by atoms with van der Waals surface area (Å²) in [4.78, 5) is 11.9. The molecular weight excluding hydrogens is 329 g/mol. The average molecular weight is 345 g/mol. The summed E-state index contributed by atoms with van der Waals surface area (Å²) in [6.07, 6.45) is 2.63. The Hall–Kier alpha value is -0.620. The van der Waals surface area contributed by atoms with Gasteiger partial charge >= 0.3 is 0 Å². The Labute approximate surface area is 115 Å². The predicted octanol–water partition coefficient (Wildman–Crippen LogP) is 2.24. The van der Waals surface area contributed by atoms with Crippen LogP contribution in [0.25, 0.3) is 0 Å². The third kappa shape index (κ3) is 2.98. The second-order valence-corrected chi connectivity index (χ2v) is 5.89. The number of carbonyl (C=O) groups excluding carboxylic acids is 1. The molecule has 0 spiro atoms. The normalized spacial score (nSPS) is 17.4. The minimum absolute atomic E-state index is 0.108. The van der Waals surface area contributed by atoms with Crippen molar-refractivity contribution in [2.75, 3.05) is 6.54 Å². The van der Waals surface area contributed by atoms with Crippen molar-refractivity contribution in [2.24, 2.45) is 0 Å². The number of nitrogens with one attached hydrogen (secondary N) is 1. The smallest absolute Gasteiger partial charge is 0.251 e. The molecule has 0 saturated heterocycles. The summed E-state index contributed by atoms with van der Waals surface area (Å²) in [6, 6.07) is 5.63. The lowest BCUT2D eigenvalue weighted by molar-refractivity contribution is -0.0300. The van der Waals surface area contributed by atoms with Gasteiger partial charge in [-0.05, 0) is 66.5 Å². The molecule has 17 heavy (non-hydrogen) atoms. The van der Waals surface area contributed by atoms with Crippen LogP contribution in [0.4, 0.5) is 0 Å². The fourth-order valence-electron chi connectivity index (χ4n) is 1.84. The van der Waals surface area contributed by atoms with Crippen LogP contribution >= 0.6 is 22.6 Å². The van der Waals surface area contributed by atoms with E-state index in [1.165, 1.54) is 5.56 Å². The van der Waals surface area contributed by atoms with Gasteiger partial charge in [0.15, 0.2) is 0 Å². The van der Waals surface area contributed by atoms with Crippen LogP contribution in [0.2, 0.25) is 0 Å². The lowest BCUT2D eigenvalue weighted by atomic mass is 9.80. The van der Waals surface area contributed by atoms with Crippen molar-refractivity contribution in [2.45, 2.75) is 31.8 Å². The van der Waals surface area contributed by atoms with Gasteiger partial charge in [0.25, 0.3) is 5.91 Å². The first-order valence-electron chi connectivity index (χ1n) is 5.77. The van der Waals surface area contributed by atoms with Gasteiger partial charge in [0, 0.05) is 15.7 Å². The van der Waals surface area contributed by atoms with Crippen LogP contribution < -0.4 is 5.32 Å². The van der Waals surface area contributed by atoms with Gasteiger partial charge in [-0.1, -0.05) is 6.07 Å². The van der Waals surface area contributed by atoms with E-state index >= 15 is 0 Å². The first-order chi connectivity index (χ1) is 8.00. The molecule has 1 aliphatic rings. The predicted molar refractivity (Wildman–Crippen MR) is 75.0 cm³/mol. The first-order valence-corrected chi connectivity index (χ1v) is 6.85. The molecule has 0 heterocycles. The summed E-state index contributed by atoms with van der Waals surface area (Å²) in [5, 5.41) is 12.7. The van der Waals surface area contributed by atoms with Crippen LogP contribution in [0.1, 0.15) is 35.2 Å². The molecule has 0 atom stereocenters. The molecule has 1 aliphatic carbocycles. The van der Waals surface area contributed by atoms with Gasteiger partial charge in [-0.3, -0.25) is 4.79 Å². The van der Waals surface area contributed by atoms with Crippen molar-refractivity contribution in [1.82, 2.24) is 5.32 Å². The summed E-state index contributed by atoms with van der Waals surface area (Å²) in [7, 11) is 0. The van der Waals surface area contributed by atoms with Crippen molar-refractivity contribution in [3.8, 4) is 0 Å². The molecule has 1 fully saturated rings. The highest BCUT2D eigenvalue weighted by Gasteiger charge is 2.34. The molecule has 1 aromatic rings. The van der Waals surface area contributed by atoms with E-state index in [-0.39, 0.29) is 5.91 Å². The first kappa shape index (κ1) is 12.8. The third-order valence-electron chi connectivity index (χ3n) is 3.30. The van der Waals surface area contributed by atoms with E-state index < -0.39 is 5.60 Å². The van der Waals surface area contributed by atoms with Gasteiger partial charge < -0.3 is 10.4 Å². The van der Waals surface area contributed by atoms with Gasteiger partial charge in [0.2, 0.25) is 0 Å². The maximum atomic E-state index is 11.9. The van der Waals surface area contributed by atoms with Crippen molar-refractivity contribution < 1.29 is 9.90 Å². The molecule has 2 rings (SSSR count). The van der Waals surface area contributed by atoms with E-state index in [9.17, 15) is 9.90 Å². The van der Waals surface area contributed by atoms with Gasteiger partial charge in [-0.2, -0.15) is 0 Å². The van der Waals surface area contributed by atoms with Crippen LogP contribution in [-0.2, 0) is 0 Å². The number of halogens is 1. The topological polar surface area (TPSA) is 49.3 Å². The Kier molecular flexibility index (Phi) is 3.73. The summed E-state index contributed by atoms with van der Waals surface area (Å²) < 4.78 is 1.08. The van der Waals surface area contributed by atoms with Crippen molar-refractivity contribution in [3.05, 3.63) is 32.9 Å². The highest BCUT2D eigenvalue weighted by Crippen LogP contribution is 2.30. The SMILES string of the molecule is Cc1ccc(C(=O)NCC2(O)CCC2)cc1I. The molecule has 1 aromatic carbocycles. The van der Waals surface area contributed by atoms with Crippen LogP contribution in [0.15, 0.2) is 18.2 Å². The maximum Gasteiger partial charge on any atom is 0.251 e. The van der Waals surface area contributed by atoms with Crippen molar-refractivity contribution in [1.29, 1.82) is 0 Å². The molecule has 2 N–H and O–H groups in total. The number of carbonyl (C=O) groups is 1. The Morgan fingerprint density at radius 1 is 1.53 bits per heavy atom. The van der Waals surface area contributed by atoms with Crippen molar-refractivity contribution in [3.63, 3.8) is 0 Å². The van der Waals surface area contributed by atoms with Gasteiger partial charge in [0.1, 0.15) is 0 Å². The van der Waals surface area contributed by atoms with Crippen LogP contribution in [0, 0.1) is 10.5 Å². The fourth-order valence-corrected chi connectivity index (χ4v) is 2.36. The molecule has 0 aliphatic heterocycles. The van der Waals surface area contributed by atoms with Crippen molar-refractivity contribution >= 4 is 28.5 Å². The highest BCUT2D eigenvalue weighted by molar-refractivity contribution is 14.1. The Balaban J connectivity index is 1.97. The number of aliphatic hydroxyl groups is 1. The number of aryl methyl sites for hydroxylation is 1. The molecule has 0 aromatic heterocycles. The summed E-state index contributed by atoms with van der Waals surface area (Å²) in [5.74, 6) is -0.108. The van der Waals surface area contributed by atoms with E-state index in [2.05, 4.69) is 27.9 Å². The highest BCUT2D eigenvalue weighted by atomic mass is 127. The lowest BCUT2D eigenvalue weighted by Crippen LogP contribution is -2.47. The number of benzene rings is 1. The zero-order chi connectivity index (χ0) is 12.5. The van der Waals surface area contributed by atoms with Crippen LogP contribution in [0.3, 0.4) is 0 Å². The molecule has 0 unspecified atom stereocenters. The van der Waals surface area contributed by atoms with E-state index in [0.29, 0.717) is 12.1 Å². The molecule has 92 valence electrons. The molecule has 4 heteroatoms. The Morgan fingerprint density at radius 2 is 2.24 bits per heavy atom. The zero-order valence-electron chi connectivity index (χ0n) is 9.79. The van der Waals surface area contributed by atoms with E-state index in [1.807, 2.05) is 25.1 Å². The van der Waals surface area contributed by atoms with Gasteiger partial charge in [-0.25, -0.2) is 0 Å². The summed E-state index contributed by atoms with van der Waals surface area (Å²) in [5.41, 5.74) is 1.16. The third-order valence-corrected chi connectivity index (χ3v) is 4.46. The quantitative estimate of drug-likeness (QED) is 0.826. The van der Waals surface area contributed by atoms with E-state index in [1.54, 1.807) is 0 Å². The minimum atomic E-state index is -0.659. The van der Waals surface area contributed by atoms with Crippen LogP contribution in [0.5, 0.6) is 0 Å². The van der Waals surface area contributed by atoms with Gasteiger partial charge in [0.05, 0.1) is 5.60 Å². The molecule has 1 saturated carbocycles. The second-order valence-electron chi connectivity index (χ2n) is 4.72. The molecular formula is C13H16INO2. The Bertz CT molecular complexity index is 441. The molecule has 0 bridgehead atoms. The van der Waals surface area contributed by atoms with E-state index in [0.717, 1.165) is 22.8 Å². The summed E-state index contributed by atoms with van der Waals surface area (Å²) >= 11 is 2.22. The standard InChI is InChI=1S/C13H16INO2/c1-9-3-4-10(7-11(9)14)12(16)15-8-13(17)5-2-6-13/h3-4,7,17H,2,5-6,8H2,1H3,(H,15,16). The average Bonchev–Trinajstić information content (AvgIpc) is 2.27. The van der Waals surface area contributed by atoms with Crippen LogP contribution in [-0.4, -0.2) is 23.2 Å². The number of hydrogen-bond acceptors (Lipinski definition) is 2. The lowest BCUT2D eigenvalue weighted by Gasteiger charge is -2.36. The summed E-state index contributed by atoms with van der Waals surface area (Å²) in [6.45, 7) is 2.37. The largest absolute Gasteiger partial charge is 0.388 e. The minimum Gasteiger partial charge on any atom is -0.388 e.